The van der Waals surface area contributed by atoms with E-state index in [-0.39, 0.29) is 12.3 Å². The summed E-state index contributed by atoms with van der Waals surface area (Å²) in [6.45, 7) is 0. The first kappa shape index (κ1) is 16.9. The summed E-state index contributed by atoms with van der Waals surface area (Å²) in [5.41, 5.74) is -0.334. The normalized spacial score (nSPS) is 15.3. The minimum absolute atomic E-state index is 0.0802. The fraction of sp³-hybridized carbons (Fsp3) is 0.500. The van der Waals surface area contributed by atoms with Gasteiger partial charge in [0.05, 0.1) is 33.3 Å². The van der Waals surface area contributed by atoms with E-state index in [0.29, 0.717) is 35.7 Å². The number of hydrogen-bond donors (Lipinski definition) is 2. The molecule has 23 heavy (non-hydrogen) atoms. The van der Waals surface area contributed by atoms with Crippen LogP contribution in [0.15, 0.2) is 12.1 Å². The number of aliphatic carboxylic acids is 1. The van der Waals surface area contributed by atoms with Gasteiger partial charge < -0.3 is 24.6 Å². The minimum Gasteiger partial charge on any atom is -0.493 e. The van der Waals surface area contributed by atoms with Crippen LogP contribution in [-0.4, -0.2) is 43.9 Å². The van der Waals surface area contributed by atoms with Crippen molar-refractivity contribution in [3.8, 4) is 17.2 Å². The van der Waals surface area contributed by atoms with E-state index in [9.17, 15) is 9.59 Å². The summed E-state index contributed by atoms with van der Waals surface area (Å²) in [5, 5.41) is 11.9. The van der Waals surface area contributed by atoms with Crippen molar-refractivity contribution in [2.75, 3.05) is 21.3 Å². The van der Waals surface area contributed by atoms with Gasteiger partial charge in [-0.2, -0.15) is 0 Å². The maximum atomic E-state index is 12.5. The zero-order valence-electron chi connectivity index (χ0n) is 13.5. The van der Waals surface area contributed by atoms with E-state index >= 15 is 0 Å². The molecule has 0 aromatic heterocycles. The molecular weight excluding hydrogens is 302 g/mol. The monoisotopic (exact) mass is 323 g/mol. The Morgan fingerprint density at radius 1 is 1.13 bits per heavy atom. The Morgan fingerprint density at radius 3 is 2.04 bits per heavy atom. The summed E-state index contributed by atoms with van der Waals surface area (Å²) in [5.74, 6) is -0.133. The first-order valence-electron chi connectivity index (χ1n) is 7.29. The molecular formula is C16H21NO6. The molecule has 0 heterocycles. The van der Waals surface area contributed by atoms with Crippen molar-refractivity contribution in [1.29, 1.82) is 0 Å². The van der Waals surface area contributed by atoms with Gasteiger partial charge in [-0.15, -0.1) is 0 Å². The summed E-state index contributed by atoms with van der Waals surface area (Å²) < 4.78 is 15.7. The Hall–Kier alpha value is -2.44. The largest absolute Gasteiger partial charge is 0.493 e. The van der Waals surface area contributed by atoms with Gasteiger partial charge in [0.15, 0.2) is 11.5 Å². The Kier molecular flexibility index (Phi) is 4.98. The van der Waals surface area contributed by atoms with Gasteiger partial charge in [0, 0.05) is 5.56 Å². The van der Waals surface area contributed by atoms with Gasteiger partial charge in [-0.25, -0.2) is 0 Å². The Balaban J connectivity index is 2.27. The molecule has 1 amide bonds. The van der Waals surface area contributed by atoms with E-state index in [1.807, 2.05) is 0 Å². The van der Waals surface area contributed by atoms with E-state index in [1.165, 1.54) is 21.3 Å². The van der Waals surface area contributed by atoms with Crippen LogP contribution in [0.5, 0.6) is 17.2 Å². The van der Waals surface area contributed by atoms with E-state index in [4.69, 9.17) is 19.3 Å². The lowest BCUT2D eigenvalue weighted by molar-refractivity contribution is -0.139. The lowest BCUT2D eigenvalue weighted by Crippen LogP contribution is -2.54. The van der Waals surface area contributed by atoms with Crippen LogP contribution in [0.3, 0.4) is 0 Å². The molecule has 0 aliphatic heterocycles. The number of carboxylic acid groups (broad SMARTS) is 1. The first-order chi connectivity index (χ1) is 10.9. The standard InChI is InChI=1S/C16H21NO6/c1-21-11-7-10(8-12(22-2)14(11)23-3)15(20)17-16(5-4-6-16)9-13(18)19/h7-8H,4-6,9H2,1-3H3,(H,17,20)(H,18,19). The number of nitrogens with one attached hydrogen (secondary N) is 1. The third-order valence-electron chi connectivity index (χ3n) is 4.11. The number of carbonyl (C=O) groups is 2. The quantitative estimate of drug-likeness (QED) is 0.795. The maximum Gasteiger partial charge on any atom is 0.305 e. The highest BCUT2D eigenvalue weighted by atomic mass is 16.5. The van der Waals surface area contributed by atoms with Crippen molar-refractivity contribution in [1.82, 2.24) is 5.32 Å². The first-order valence-corrected chi connectivity index (χ1v) is 7.29. The van der Waals surface area contributed by atoms with Gasteiger partial charge >= 0.3 is 5.97 Å². The van der Waals surface area contributed by atoms with Gasteiger partial charge in [0.25, 0.3) is 5.91 Å². The SMILES string of the molecule is COc1cc(C(=O)NC2(CC(=O)O)CCC2)cc(OC)c1OC. The van der Waals surface area contributed by atoms with Crippen molar-refractivity contribution in [2.45, 2.75) is 31.2 Å². The highest BCUT2D eigenvalue weighted by molar-refractivity contribution is 5.96. The number of methoxy groups -OCH3 is 3. The molecule has 0 radical (unpaired) electrons. The second-order valence-corrected chi connectivity index (χ2v) is 5.57. The second-order valence-electron chi connectivity index (χ2n) is 5.57. The summed E-state index contributed by atoms with van der Waals surface area (Å²) in [6, 6.07) is 3.09. The van der Waals surface area contributed by atoms with Gasteiger partial charge in [-0.3, -0.25) is 9.59 Å². The van der Waals surface area contributed by atoms with Gasteiger partial charge in [0.1, 0.15) is 0 Å². The van der Waals surface area contributed by atoms with Crippen molar-refractivity contribution in [2.24, 2.45) is 0 Å². The van der Waals surface area contributed by atoms with Gasteiger partial charge in [0.2, 0.25) is 5.75 Å². The van der Waals surface area contributed by atoms with Crippen LogP contribution in [0.2, 0.25) is 0 Å². The summed E-state index contributed by atoms with van der Waals surface area (Å²) in [7, 11) is 4.42. The fourth-order valence-electron chi connectivity index (χ4n) is 2.76. The molecule has 1 aromatic carbocycles. The number of hydrogen-bond acceptors (Lipinski definition) is 5. The van der Waals surface area contributed by atoms with Crippen LogP contribution in [-0.2, 0) is 4.79 Å². The molecule has 1 aliphatic carbocycles. The van der Waals surface area contributed by atoms with Crippen molar-refractivity contribution in [3.05, 3.63) is 17.7 Å². The molecule has 0 atom stereocenters. The third kappa shape index (κ3) is 3.49. The molecule has 0 saturated heterocycles. The average molecular weight is 323 g/mol. The Morgan fingerprint density at radius 2 is 1.70 bits per heavy atom. The summed E-state index contributed by atoms with van der Waals surface area (Å²) in [6.07, 6.45) is 2.15. The van der Waals surface area contributed by atoms with Crippen molar-refractivity contribution >= 4 is 11.9 Å². The molecule has 1 fully saturated rings. The van der Waals surface area contributed by atoms with E-state index in [0.717, 1.165) is 6.42 Å². The molecule has 126 valence electrons. The number of benzene rings is 1. The molecule has 2 rings (SSSR count). The van der Waals surface area contributed by atoms with Gasteiger partial charge in [-0.1, -0.05) is 0 Å². The maximum absolute atomic E-state index is 12.5. The van der Waals surface area contributed by atoms with Crippen LogP contribution in [0.1, 0.15) is 36.0 Å². The van der Waals surface area contributed by atoms with Crippen LogP contribution < -0.4 is 19.5 Å². The number of ether oxygens (including phenoxy) is 3. The molecule has 1 aliphatic rings. The molecule has 2 N–H and O–H groups in total. The summed E-state index contributed by atoms with van der Waals surface area (Å²) in [4.78, 5) is 23.5. The third-order valence-corrected chi connectivity index (χ3v) is 4.11. The van der Waals surface area contributed by atoms with Crippen molar-refractivity contribution in [3.63, 3.8) is 0 Å². The molecule has 0 spiro atoms. The topological polar surface area (TPSA) is 94.1 Å². The smallest absolute Gasteiger partial charge is 0.305 e. The molecule has 0 bridgehead atoms. The number of amides is 1. The lowest BCUT2D eigenvalue weighted by Gasteiger charge is -2.41. The Labute approximate surface area is 134 Å². The van der Waals surface area contributed by atoms with E-state index in [2.05, 4.69) is 5.32 Å². The molecule has 1 saturated carbocycles. The second kappa shape index (κ2) is 6.76. The molecule has 7 nitrogen and oxygen atoms in total. The van der Waals surface area contributed by atoms with Gasteiger partial charge in [-0.05, 0) is 31.4 Å². The minimum atomic E-state index is -0.921. The number of rotatable bonds is 7. The average Bonchev–Trinajstić information content (AvgIpc) is 2.50. The molecule has 1 aromatic rings. The highest BCUT2D eigenvalue weighted by Crippen LogP contribution is 2.39. The fourth-order valence-corrected chi connectivity index (χ4v) is 2.76. The van der Waals surface area contributed by atoms with Crippen LogP contribution in [0.25, 0.3) is 0 Å². The van der Waals surface area contributed by atoms with Crippen molar-refractivity contribution < 1.29 is 28.9 Å². The lowest BCUT2D eigenvalue weighted by atomic mass is 9.74. The van der Waals surface area contributed by atoms with Crippen LogP contribution >= 0.6 is 0 Å². The molecule has 7 heteroatoms. The summed E-state index contributed by atoms with van der Waals surface area (Å²) >= 11 is 0. The van der Waals surface area contributed by atoms with E-state index < -0.39 is 11.5 Å². The Bertz CT molecular complexity index is 584. The zero-order valence-corrected chi connectivity index (χ0v) is 13.5. The number of carbonyl (C=O) groups excluding carboxylic acids is 1. The predicted molar refractivity (Wildman–Crippen MR) is 82.4 cm³/mol. The highest BCUT2D eigenvalue weighted by Gasteiger charge is 2.40. The zero-order chi connectivity index (χ0) is 17.0. The predicted octanol–water partition coefficient (Wildman–Crippen LogP) is 1.84. The number of carboxylic acids is 1. The molecule has 0 unspecified atom stereocenters. The van der Waals surface area contributed by atoms with Crippen LogP contribution in [0, 0.1) is 0 Å². The van der Waals surface area contributed by atoms with Crippen LogP contribution in [0.4, 0.5) is 0 Å². The van der Waals surface area contributed by atoms with E-state index in [1.54, 1.807) is 12.1 Å².